The van der Waals surface area contributed by atoms with Crippen LogP contribution < -0.4 is 10.0 Å². The molecule has 12 heteroatoms. The van der Waals surface area contributed by atoms with E-state index in [0.717, 1.165) is 11.8 Å². The molecule has 0 bridgehead atoms. The topological polar surface area (TPSA) is 125 Å². The van der Waals surface area contributed by atoms with E-state index in [0.29, 0.717) is 70.6 Å². The Morgan fingerprint density at radius 2 is 1.94 bits per heavy atom. The Morgan fingerprint density at radius 3 is 2.60 bits per heavy atom. The summed E-state index contributed by atoms with van der Waals surface area (Å²) >= 11 is 2.10. The highest BCUT2D eigenvalue weighted by molar-refractivity contribution is 14.1. The van der Waals surface area contributed by atoms with Gasteiger partial charge in [-0.2, -0.15) is 0 Å². The molecule has 1 aliphatic rings. The van der Waals surface area contributed by atoms with Gasteiger partial charge in [0, 0.05) is 22.0 Å². The van der Waals surface area contributed by atoms with Crippen LogP contribution in [0.5, 0.6) is 0 Å². The minimum absolute atomic E-state index is 0.283. The summed E-state index contributed by atoms with van der Waals surface area (Å²) in [5.41, 5.74) is 2.97. The van der Waals surface area contributed by atoms with Gasteiger partial charge in [0.25, 0.3) is 0 Å². The molecule has 0 saturated carbocycles. The maximum atomic E-state index is 13.9. The summed E-state index contributed by atoms with van der Waals surface area (Å²) in [7, 11) is -3.56. The molecule has 2 aromatic carbocycles. The minimum atomic E-state index is -3.56. The number of piperidine rings is 1. The van der Waals surface area contributed by atoms with E-state index in [1.54, 1.807) is 18.2 Å². The van der Waals surface area contributed by atoms with Crippen molar-refractivity contribution in [3.8, 4) is 0 Å². The van der Waals surface area contributed by atoms with Crippen LogP contribution in [0.25, 0.3) is 10.9 Å². The Balaban J connectivity index is 1.68. The summed E-state index contributed by atoms with van der Waals surface area (Å²) in [6, 6.07) is 8.23. The SMILES string of the molecule is CS(=O)(=O)Nc1cc2c(Nc3ccc(F)c(CI)c3)ncnc2cc1CN1CCC(C(=O)O)CC1. The second-order valence-electron chi connectivity index (χ2n) is 8.58. The maximum Gasteiger partial charge on any atom is 0.306 e. The number of fused-ring (bicyclic) bond motifs is 1. The van der Waals surface area contributed by atoms with Crippen molar-refractivity contribution in [2.24, 2.45) is 5.92 Å². The number of carboxylic acids is 1. The lowest BCUT2D eigenvalue weighted by molar-refractivity contribution is -0.143. The number of nitrogens with zero attached hydrogens (tertiary/aromatic N) is 3. The number of carboxylic acid groups (broad SMARTS) is 1. The molecule has 3 aromatic rings. The zero-order valence-corrected chi connectivity index (χ0v) is 21.9. The fraction of sp³-hybridized carbons (Fsp3) is 0.348. The molecule has 1 fully saturated rings. The quantitative estimate of drug-likeness (QED) is 0.256. The first-order valence-corrected chi connectivity index (χ1v) is 14.4. The standard InChI is InChI=1S/C23H25FIN5O4S/c1-35(33,34)29-20-10-18-21(9-16(20)12-30-6-4-14(5-7-30)23(31)32)26-13-27-22(18)28-17-2-3-19(24)15(8-17)11-25/h2-3,8-10,13-14,29H,4-7,11-12H2,1H3,(H,31,32)(H,26,27,28). The number of anilines is 3. The fourth-order valence-corrected chi connectivity index (χ4v) is 5.32. The van der Waals surface area contributed by atoms with Crippen molar-refractivity contribution in [2.75, 3.05) is 29.4 Å². The van der Waals surface area contributed by atoms with Gasteiger partial charge < -0.3 is 10.4 Å². The number of likely N-dealkylation sites (tertiary alicyclic amines) is 1. The monoisotopic (exact) mass is 613 g/mol. The van der Waals surface area contributed by atoms with Crippen LogP contribution in [0, 0.1) is 11.7 Å². The van der Waals surface area contributed by atoms with E-state index in [1.807, 2.05) is 6.07 Å². The van der Waals surface area contributed by atoms with E-state index in [2.05, 4.69) is 47.5 Å². The molecule has 1 saturated heterocycles. The van der Waals surface area contributed by atoms with Crippen molar-refractivity contribution in [2.45, 2.75) is 23.8 Å². The predicted molar refractivity (Wildman–Crippen MR) is 141 cm³/mol. The molecule has 0 amide bonds. The van der Waals surface area contributed by atoms with Gasteiger partial charge in [0.15, 0.2) is 0 Å². The highest BCUT2D eigenvalue weighted by Crippen LogP contribution is 2.31. The summed E-state index contributed by atoms with van der Waals surface area (Å²) in [4.78, 5) is 22.1. The number of hydrogen-bond donors (Lipinski definition) is 3. The number of carbonyl (C=O) groups is 1. The van der Waals surface area contributed by atoms with E-state index < -0.39 is 16.0 Å². The van der Waals surface area contributed by atoms with E-state index >= 15 is 0 Å². The van der Waals surface area contributed by atoms with E-state index in [-0.39, 0.29) is 11.7 Å². The molecular formula is C23H25FIN5O4S. The summed E-state index contributed by atoms with van der Waals surface area (Å²) in [6.07, 6.45) is 3.60. The van der Waals surface area contributed by atoms with Crippen LogP contribution in [-0.4, -0.2) is 53.7 Å². The van der Waals surface area contributed by atoms with E-state index in [1.165, 1.54) is 12.4 Å². The van der Waals surface area contributed by atoms with Crippen LogP contribution >= 0.6 is 22.6 Å². The molecule has 1 aromatic heterocycles. The Kier molecular flexibility index (Phi) is 7.71. The lowest BCUT2D eigenvalue weighted by Crippen LogP contribution is -2.36. The van der Waals surface area contributed by atoms with Gasteiger partial charge in [-0.15, -0.1) is 0 Å². The van der Waals surface area contributed by atoms with Crippen LogP contribution in [0.2, 0.25) is 0 Å². The number of sulfonamides is 1. The van der Waals surface area contributed by atoms with Gasteiger partial charge in [-0.1, -0.05) is 22.6 Å². The number of alkyl halides is 1. The van der Waals surface area contributed by atoms with Crippen molar-refractivity contribution in [1.82, 2.24) is 14.9 Å². The van der Waals surface area contributed by atoms with Crippen LogP contribution in [0.3, 0.4) is 0 Å². The summed E-state index contributed by atoms with van der Waals surface area (Å²) in [5.74, 6) is -0.948. The van der Waals surface area contributed by atoms with Gasteiger partial charge in [-0.3, -0.25) is 14.4 Å². The molecule has 2 heterocycles. The summed E-state index contributed by atoms with van der Waals surface area (Å²) in [6.45, 7) is 1.66. The average molecular weight is 613 g/mol. The first-order valence-electron chi connectivity index (χ1n) is 10.9. The van der Waals surface area contributed by atoms with Gasteiger partial charge in [-0.25, -0.2) is 22.8 Å². The normalized spacial score (nSPS) is 15.3. The number of halogens is 2. The highest BCUT2D eigenvalue weighted by Gasteiger charge is 2.25. The third-order valence-corrected chi connectivity index (χ3v) is 7.35. The lowest BCUT2D eigenvalue weighted by Gasteiger charge is -2.30. The van der Waals surface area contributed by atoms with Crippen molar-refractivity contribution in [3.63, 3.8) is 0 Å². The smallest absolute Gasteiger partial charge is 0.306 e. The summed E-state index contributed by atoms with van der Waals surface area (Å²) < 4.78 is 41.2. The number of benzene rings is 2. The van der Waals surface area contributed by atoms with Gasteiger partial charge in [0.2, 0.25) is 10.0 Å². The molecule has 1 aliphatic heterocycles. The molecule has 0 radical (unpaired) electrons. The number of aromatic nitrogens is 2. The van der Waals surface area contributed by atoms with Crippen LogP contribution in [0.4, 0.5) is 21.6 Å². The molecule has 35 heavy (non-hydrogen) atoms. The minimum Gasteiger partial charge on any atom is -0.481 e. The molecule has 0 atom stereocenters. The Morgan fingerprint density at radius 1 is 1.20 bits per heavy atom. The molecule has 186 valence electrons. The maximum absolute atomic E-state index is 13.9. The first-order chi connectivity index (χ1) is 16.6. The molecular weight excluding hydrogens is 588 g/mol. The second-order valence-corrected chi connectivity index (χ2v) is 11.1. The van der Waals surface area contributed by atoms with Crippen molar-refractivity contribution >= 4 is 66.7 Å². The van der Waals surface area contributed by atoms with Crippen LogP contribution in [-0.2, 0) is 25.8 Å². The number of aliphatic carboxylic acids is 1. The Bertz CT molecular complexity index is 1360. The van der Waals surface area contributed by atoms with Gasteiger partial charge in [0.05, 0.1) is 23.4 Å². The van der Waals surface area contributed by atoms with Gasteiger partial charge >= 0.3 is 5.97 Å². The average Bonchev–Trinajstić information content (AvgIpc) is 2.80. The first kappa shape index (κ1) is 25.5. The largest absolute Gasteiger partial charge is 0.481 e. The molecule has 0 aliphatic carbocycles. The van der Waals surface area contributed by atoms with E-state index in [4.69, 9.17) is 0 Å². The number of hydrogen-bond acceptors (Lipinski definition) is 7. The Hall–Kier alpha value is -2.58. The second kappa shape index (κ2) is 10.6. The fourth-order valence-electron chi connectivity index (χ4n) is 4.14. The number of rotatable bonds is 8. The van der Waals surface area contributed by atoms with Crippen molar-refractivity contribution in [3.05, 3.63) is 53.6 Å². The predicted octanol–water partition coefficient (Wildman–Crippen LogP) is 4.12. The van der Waals surface area contributed by atoms with Gasteiger partial charge in [0.1, 0.15) is 18.0 Å². The highest BCUT2D eigenvalue weighted by atomic mass is 127. The third-order valence-electron chi connectivity index (χ3n) is 5.94. The van der Waals surface area contributed by atoms with Crippen LogP contribution in [0.15, 0.2) is 36.7 Å². The van der Waals surface area contributed by atoms with Crippen LogP contribution in [0.1, 0.15) is 24.0 Å². The molecule has 9 nitrogen and oxygen atoms in total. The Labute approximate surface area is 216 Å². The molecule has 0 spiro atoms. The zero-order chi connectivity index (χ0) is 25.2. The third kappa shape index (κ3) is 6.35. The molecule has 0 unspecified atom stereocenters. The summed E-state index contributed by atoms with van der Waals surface area (Å²) in [5, 5.41) is 13.0. The van der Waals surface area contributed by atoms with Crippen molar-refractivity contribution < 1.29 is 22.7 Å². The molecule has 4 rings (SSSR count). The van der Waals surface area contributed by atoms with Gasteiger partial charge in [-0.05, 0) is 67.4 Å². The molecule has 3 N–H and O–H groups in total. The number of nitrogens with one attached hydrogen (secondary N) is 2. The van der Waals surface area contributed by atoms with Crippen molar-refractivity contribution in [1.29, 1.82) is 0 Å². The van der Waals surface area contributed by atoms with E-state index in [9.17, 15) is 22.7 Å². The lowest BCUT2D eigenvalue weighted by atomic mass is 9.96. The zero-order valence-electron chi connectivity index (χ0n) is 19.0.